The first kappa shape index (κ1) is 13.4. The van der Waals surface area contributed by atoms with Crippen LogP contribution < -0.4 is 5.32 Å². The molecule has 1 nitrogen and oxygen atoms in total. The number of rotatable bonds is 3. The third-order valence-corrected chi connectivity index (χ3v) is 3.80. The Morgan fingerprint density at radius 2 is 1.89 bits per heavy atom. The summed E-state index contributed by atoms with van der Waals surface area (Å²) in [6, 6.07) is 5.67. The van der Waals surface area contributed by atoms with E-state index in [2.05, 4.69) is 19.2 Å². The van der Waals surface area contributed by atoms with Crippen molar-refractivity contribution in [2.24, 2.45) is 11.3 Å². The van der Waals surface area contributed by atoms with Gasteiger partial charge in [0.15, 0.2) is 0 Å². The lowest BCUT2D eigenvalue weighted by atomic mass is 9.71. The number of halogens is 3. The Labute approximate surface area is 105 Å². The zero-order chi connectivity index (χ0) is 13.4. The van der Waals surface area contributed by atoms with Gasteiger partial charge in [0.1, 0.15) is 0 Å². The summed E-state index contributed by atoms with van der Waals surface area (Å²) in [5.74, 6) is 0.548. The number of benzene rings is 1. The number of nitrogens with one attached hydrogen (secondary N) is 1. The third-order valence-electron chi connectivity index (χ3n) is 3.80. The molecular weight excluding hydrogens is 239 g/mol. The summed E-state index contributed by atoms with van der Waals surface area (Å²) in [5, 5.41) is 3.21. The van der Waals surface area contributed by atoms with Gasteiger partial charge < -0.3 is 5.32 Å². The molecule has 1 aromatic carbocycles. The minimum Gasteiger partial charge on any atom is -0.316 e. The van der Waals surface area contributed by atoms with Gasteiger partial charge in [0.05, 0.1) is 5.56 Å². The minimum atomic E-state index is -4.25. The van der Waals surface area contributed by atoms with E-state index in [0.717, 1.165) is 24.7 Å². The van der Waals surface area contributed by atoms with Crippen molar-refractivity contribution in [1.82, 2.24) is 5.32 Å². The van der Waals surface area contributed by atoms with E-state index in [1.807, 2.05) is 0 Å². The van der Waals surface area contributed by atoms with E-state index in [9.17, 15) is 13.2 Å². The standard InChI is InChI=1S/C14H18F3N/c1-13(2,12-8-18-9-12)7-10-4-3-5-11(6-10)14(15,16)17/h3-6,12,18H,7-9H2,1-2H3. The highest BCUT2D eigenvalue weighted by Gasteiger charge is 2.35. The van der Waals surface area contributed by atoms with Gasteiger partial charge in [-0.05, 0) is 42.5 Å². The van der Waals surface area contributed by atoms with Crippen molar-refractivity contribution in [2.75, 3.05) is 13.1 Å². The normalized spacial score (nSPS) is 17.6. The maximum atomic E-state index is 12.6. The van der Waals surface area contributed by atoms with Gasteiger partial charge in [0, 0.05) is 0 Å². The number of alkyl halides is 3. The summed E-state index contributed by atoms with van der Waals surface area (Å²) in [6.07, 6.45) is -3.57. The SMILES string of the molecule is CC(C)(Cc1cccc(C(F)(F)F)c1)C1CNC1. The van der Waals surface area contributed by atoms with Gasteiger partial charge in [-0.25, -0.2) is 0 Å². The first-order valence-corrected chi connectivity index (χ1v) is 6.16. The monoisotopic (exact) mass is 257 g/mol. The van der Waals surface area contributed by atoms with Gasteiger partial charge in [-0.3, -0.25) is 0 Å². The molecule has 4 heteroatoms. The summed E-state index contributed by atoms with van der Waals surface area (Å²) in [5.41, 5.74) is 0.249. The van der Waals surface area contributed by atoms with Crippen LogP contribution in [0.3, 0.4) is 0 Å². The second-order valence-corrected chi connectivity index (χ2v) is 5.72. The maximum absolute atomic E-state index is 12.6. The van der Waals surface area contributed by atoms with Crippen LogP contribution in [0.25, 0.3) is 0 Å². The number of hydrogen-bond donors (Lipinski definition) is 1. The second-order valence-electron chi connectivity index (χ2n) is 5.72. The van der Waals surface area contributed by atoms with Crippen LogP contribution >= 0.6 is 0 Å². The first-order valence-electron chi connectivity index (χ1n) is 6.16. The van der Waals surface area contributed by atoms with Crippen molar-refractivity contribution in [3.05, 3.63) is 35.4 Å². The van der Waals surface area contributed by atoms with E-state index in [1.54, 1.807) is 6.07 Å². The van der Waals surface area contributed by atoms with Crippen LogP contribution in [0.15, 0.2) is 24.3 Å². The Morgan fingerprint density at radius 3 is 2.39 bits per heavy atom. The lowest BCUT2D eigenvalue weighted by Crippen LogP contribution is -2.50. The molecule has 0 bridgehead atoms. The Kier molecular flexibility index (Phi) is 3.41. The number of hydrogen-bond acceptors (Lipinski definition) is 1. The highest BCUT2D eigenvalue weighted by atomic mass is 19.4. The summed E-state index contributed by atoms with van der Waals surface area (Å²) in [6.45, 7) is 6.18. The molecule has 0 radical (unpaired) electrons. The first-order chi connectivity index (χ1) is 8.29. The molecule has 1 aliphatic rings. The van der Waals surface area contributed by atoms with E-state index in [0.29, 0.717) is 12.3 Å². The summed E-state index contributed by atoms with van der Waals surface area (Å²) in [4.78, 5) is 0. The smallest absolute Gasteiger partial charge is 0.316 e. The lowest BCUT2D eigenvalue weighted by Gasteiger charge is -2.41. The zero-order valence-electron chi connectivity index (χ0n) is 10.6. The van der Waals surface area contributed by atoms with Crippen molar-refractivity contribution in [1.29, 1.82) is 0 Å². The largest absolute Gasteiger partial charge is 0.416 e. The van der Waals surface area contributed by atoms with Crippen LogP contribution in [-0.4, -0.2) is 13.1 Å². The lowest BCUT2D eigenvalue weighted by molar-refractivity contribution is -0.137. The van der Waals surface area contributed by atoms with Gasteiger partial charge >= 0.3 is 6.18 Å². The molecule has 100 valence electrons. The molecule has 2 rings (SSSR count). The molecule has 0 spiro atoms. The molecular formula is C14H18F3N. The van der Waals surface area contributed by atoms with E-state index in [-0.39, 0.29) is 5.41 Å². The fourth-order valence-electron chi connectivity index (χ4n) is 2.37. The average molecular weight is 257 g/mol. The van der Waals surface area contributed by atoms with Gasteiger partial charge in [-0.15, -0.1) is 0 Å². The van der Waals surface area contributed by atoms with Gasteiger partial charge in [0.25, 0.3) is 0 Å². The van der Waals surface area contributed by atoms with E-state index in [4.69, 9.17) is 0 Å². The summed E-state index contributed by atoms with van der Waals surface area (Å²) >= 11 is 0. The molecule has 0 unspecified atom stereocenters. The fourth-order valence-corrected chi connectivity index (χ4v) is 2.37. The molecule has 0 saturated carbocycles. The van der Waals surface area contributed by atoms with Crippen LogP contribution in [0.2, 0.25) is 0 Å². The van der Waals surface area contributed by atoms with Crippen LogP contribution in [0.1, 0.15) is 25.0 Å². The Balaban J connectivity index is 2.14. The van der Waals surface area contributed by atoms with Crippen molar-refractivity contribution in [3.63, 3.8) is 0 Å². The van der Waals surface area contributed by atoms with Crippen LogP contribution in [0.5, 0.6) is 0 Å². The van der Waals surface area contributed by atoms with E-state index in [1.165, 1.54) is 12.1 Å². The van der Waals surface area contributed by atoms with Crippen molar-refractivity contribution < 1.29 is 13.2 Å². The average Bonchev–Trinajstić information content (AvgIpc) is 2.11. The van der Waals surface area contributed by atoms with E-state index >= 15 is 0 Å². The molecule has 0 amide bonds. The molecule has 0 aliphatic carbocycles. The Morgan fingerprint density at radius 1 is 1.22 bits per heavy atom. The van der Waals surface area contributed by atoms with Crippen LogP contribution in [-0.2, 0) is 12.6 Å². The van der Waals surface area contributed by atoms with Crippen LogP contribution in [0, 0.1) is 11.3 Å². The highest BCUT2D eigenvalue weighted by Crippen LogP contribution is 2.35. The highest BCUT2D eigenvalue weighted by molar-refractivity contribution is 5.26. The van der Waals surface area contributed by atoms with Crippen LogP contribution in [0.4, 0.5) is 13.2 Å². The summed E-state index contributed by atoms with van der Waals surface area (Å²) < 4.78 is 37.9. The third kappa shape index (κ3) is 2.86. The predicted molar refractivity (Wildman–Crippen MR) is 65.3 cm³/mol. The second kappa shape index (κ2) is 4.57. The summed E-state index contributed by atoms with van der Waals surface area (Å²) in [7, 11) is 0. The van der Waals surface area contributed by atoms with Gasteiger partial charge in [0.2, 0.25) is 0 Å². The molecule has 18 heavy (non-hydrogen) atoms. The van der Waals surface area contributed by atoms with Crippen molar-refractivity contribution in [2.45, 2.75) is 26.4 Å². The topological polar surface area (TPSA) is 12.0 Å². The quantitative estimate of drug-likeness (QED) is 0.874. The Bertz CT molecular complexity index is 419. The molecule has 1 heterocycles. The molecule has 1 aromatic rings. The minimum absolute atomic E-state index is 0.0372. The molecule has 1 aliphatic heterocycles. The van der Waals surface area contributed by atoms with E-state index < -0.39 is 11.7 Å². The molecule has 0 atom stereocenters. The fraction of sp³-hybridized carbons (Fsp3) is 0.571. The predicted octanol–water partition coefficient (Wildman–Crippen LogP) is 3.49. The zero-order valence-corrected chi connectivity index (χ0v) is 10.6. The maximum Gasteiger partial charge on any atom is 0.416 e. The molecule has 1 saturated heterocycles. The molecule has 1 fully saturated rings. The van der Waals surface area contributed by atoms with Crippen molar-refractivity contribution >= 4 is 0 Å². The van der Waals surface area contributed by atoms with Crippen molar-refractivity contribution in [3.8, 4) is 0 Å². The molecule has 1 N–H and O–H groups in total. The molecule has 0 aromatic heterocycles. The van der Waals surface area contributed by atoms with Gasteiger partial charge in [-0.2, -0.15) is 13.2 Å². The Hall–Kier alpha value is -1.03. The van der Waals surface area contributed by atoms with Gasteiger partial charge in [-0.1, -0.05) is 32.0 Å².